The van der Waals surface area contributed by atoms with Crippen LogP contribution in [0.2, 0.25) is 5.02 Å². The van der Waals surface area contributed by atoms with Crippen LogP contribution in [0.5, 0.6) is 11.5 Å². The quantitative estimate of drug-likeness (QED) is 0.672. The average Bonchev–Trinajstić information content (AvgIpc) is 3.09. The molecule has 0 saturated carbocycles. The van der Waals surface area contributed by atoms with Crippen LogP contribution in [-0.4, -0.2) is 27.8 Å². The molecular formula is C19H17ClN2O5S. The Balaban J connectivity index is 1.76. The Bertz CT molecular complexity index is 1130. The molecule has 9 heteroatoms. The van der Waals surface area contributed by atoms with E-state index >= 15 is 0 Å². The van der Waals surface area contributed by atoms with Crippen molar-refractivity contribution in [2.75, 3.05) is 18.9 Å². The standard InChI is InChI=1S/C19H17ClN2O5S/c1-25-15-4-3-5-16(26-2)18(15)28(23,24)22-19-13-9-7-11-6-8-12(20)10-14(11)17(13)27-21-19/h3-6,8,10H,7,9H2,1-2H3,(H,21,22). The van der Waals surface area contributed by atoms with Gasteiger partial charge in [0.25, 0.3) is 10.0 Å². The first kappa shape index (κ1) is 18.6. The smallest absolute Gasteiger partial charge is 0.270 e. The molecule has 7 nitrogen and oxygen atoms in total. The second kappa shape index (κ2) is 7.03. The highest BCUT2D eigenvalue weighted by Gasteiger charge is 2.30. The molecule has 3 aromatic rings. The van der Waals surface area contributed by atoms with Crippen molar-refractivity contribution in [1.29, 1.82) is 0 Å². The molecule has 0 fully saturated rings. The van der Waals surface area contributed by atoms with Gasteiger partial charge < -0.3 is 14.0 Å². The van der Waals surface area contributed by atoms with E-state index in [1.807, 2.05) is 12.1 Å². The first-order chi connectivity index (χ1) is 13.4. The minimum atomic E-state index is -4.04. The normalized spacial score (nSPS) is 12.8. The van der Waals surface area contributed by atoms with Gasteiger partial charge in [0.2, 0.25) is 0 Å². The molecule has 0 atom stereocenters. The lowest BCUT2D eigenvalue weighted by Gasteiger charge is -2.16. The second-order valence-electron chi connectivity index (χ2n) is 6.24. The van der Waals surface area contributed by atoms with Crippen molar-refractivity contribution in [1.82, 2.24) is 5.16 Å². The van der Waals surface area contributed by atoms with E-state index < -0.39 is 10.0 Å². The van der Waals surface area contributed by atoms with Crippen molar-refractivity contribution < 1.29 is 22.4 Å². The highest BCUT2D eigenvalue weighted by Crippen LogP contribution is 2.40. The summed E-state index contributed by atoms with van der Waals surface area (Å²) in [6.07, 6.45) is 1.32. The highest BCUT2D eigenvalue weighted by atomic mass is 35.5. The van der Waals surface area contributed by atoms with E-state index in [1.165, 1.54) is 14.2 Å². The van der Waals surface area contributed by atoms with Gasteiger partial charge in [0.05, 0.1) is 14.2 Å². The monoisotopic (exact) mass is 420 g/mol. The number of benzene rings is 2. The highest BCUT2D eigenvalue weighted by molar-refractivity contribution is 7.93. The summed E-state index contributed by atoms with van der Waals surface area (Å²) in [5.74, 6) is 1.00. The van der Waals surface area contributed by atoms with Gasteiger partial charge in [0.1, 0.15) is 11.5 Å². The van der Waals surface area contributed by atoms with Gasteiger partial charge in [-0.25, -0.2) is 8.42 Å². The maximum absolute atomic E-state index is 13.1. The number of nitrogens with one attached hydrogen (secondary N) is 1. The van der Waals surface area contributed by atoms with E-state index in [4.69, 9.17) is 25.6 Å². The lowest BCUT2D eigenvalue weighted by Crippen LogP contribution is -2.17. The van der Waals surface area contributed by atoms with E-state index in [2.05, 4.69) is 9.88 Å². The summed E-state index contributed by atoms with van der Waals surface area (Å²) in [6, 6.07) is 10.3. The van der Waals surface area contributed by atoms with E-state index in [-0.39, 0.29) is 22.2 Å². The Kier molecular flexibility index (Phi) is 4.68. The van der Waals surface area contributed by atoms with Gasteiger partial charge in [-0.3, -0.25) is 4.72 Å². The molecule has 4 rings (SSSR count). The van der Waals surface area contributed by atoms with E-state index in [1.54, 1.807) is 24.3 Å². The third kappa shape index (κ3) is 3.08. The third-order valence-electron chi connectivity index (χ3n) is 4.63. The maximum Gasteiger partial charge on any atom is 0.270 e. The summed E-state index contributed by atoms with van der Waals surface area (Å²) in [6.45, 7) is 0. The van der Waals surface area contributed by atoms with Gasteiger partial charge in [-0.2, -0.15) is 0 Å². The first-order valence-electron chi connectivity index (χ1n) is 8.45. The molecule has 0 bridgehead atoms. The SMILES string of the molecule is COc1cccc(OC)c1S(=O)(=O)Nc1noc2c1CCc1ccc(Cl)cc1-2. The van der Waals surface area contributed by atoms with Gasteiger partial charge in [0.15, 0.2) is 16.5 Å². The lowest BCUT2D eigenvalue weighted by atomic mass is 9.91. The minimum absolute atomic E-state index is 0.101. The fourth-order valence-electron chi connectivity index (χ4n) is 3.33. The van der Waals surface area contributed by atoms with Crippen LogP contribution in [0.3, 0.4) is 0 Å². The Morgan fingerprint density at radius 2 is 1.82 bits per heavy atom. The molecule has 0 amide bonds. The zero-order valence-electron chi connectivity index (χ0n) is 15.2. The molecule has 1 aliphatic carbocycles. The van der Waals surface area contributed by atoms with Crippen molar-refractivity contribution in [2.24, 2.45) is 0 Å². The summed E-state index contributed by atoms with van der Waals surface area (Å²) >= 11 is 6.10. The van der Waals surface area contributed by atoms with Crippen molar-refractivity contribution in [3.05, 3.63) is 52.5 Å². The fraction of sp³-hybridized carbons (Fsp3) is 0.211. The topological polar surface area (TPSA) is 90.7 Å². The number of anilines is 1. The molecule has 1 aliphatic rings. The van der Waals surface area contributed by atoms with E-state index in [0.29, 0.717) is 22.8 Å². The number of hydrogen-bond donors (Lipinski definition) is 1. The molecule has 146 valence electrons. The number of nitrogens with zero attached hydrogens (tertiary/aromatic N) is 1. The van der Waals surface area contributed by atoms with Gasteiger partial charge in [-0.15, -0.1) is 0 Å². The number of ether oxygens (including phenoxy) is 2. The van der Waals surface area contributed by atoms with E-state index in [0.717, 1.165) is 17.5 Å². The molecule has 0 radical (unpaired) electrons. The maximum atomic E-state index is 13.1. The van der Waals surface area contributed by atoms with Crippen LogP contribution in [0.15, 0.2) is 45.8 Å². The first-order valence-corrected chi connectivity index (χ1v) is 10.3. The largest absolute Gasteiger partial charge is 0.495 e. The van der Waals surface area contributed by atoms with Crippen LogP contribution >= 0.6 is 11.6 Å². The number of sulfonamides is 1. The van der Waals surface area contributed by atoms with Crippen LogP contribution in [0.1, 0.15) is 11.1 Å². The molecule has 2 aromatic carbocycles. The molecular weight excluding hydrogens is 404 g/mol. The Labute approximate surface area is 167 Å². The number of aromatic nitrogens is 1. The predicted octanol–water partition coefficient (Wildman–Crippen LogP) is 3.91. The minimum Gasteiger partial charge on any atom is -0.495 e. The third-order valence-corrected chi connectivity index (χ3v) is 6.27. The number of hydrogen-bond acceptors (Lipinski definition) is 6. The Morgan fingerprint density at radius 3 is 2.50 bits per heavy atom. The van der Waals surface area contributed by atoms with Crippen LogP contribution in [0.4, 0.5) is 5.82 Å². The second-order valence-corrected chi connectivity index (χ2v) is 8.29. The number of halogens is 1. The van der Waals surface area contributed by atoms with Crippen molar-refractivity contribution in [2.45, 2.75) is 17.7 Å². The average molecular weight is 421 g/mol. The number of fused-ring (bicyclic) bond motifs is 3. The molecule has 1 heterocycles. The van der Waals surface area contributed by atoms with Gasteiger partial charge in [-0.05, 0) is 42.7 Å². The van der Waals surface area contributed by atoms with Crippen LogP contribution in [0, 0.1) is 0 Å². The molecule has 0 unspecified atom stereocenters. The Morgan fingerprint density at radius 1 is 1.11 bits per heavy atom. The Hall–Kier alpha value is -2.71. The summed E-state index contributed by atoms with van der Waals surface area (Å²) in [7, 11) is -1.25. The molecule has 0 aliphatic heterocycles. The summed E-state index contributed by atoms with van der Waals surface area (Å²) < 4.78 is 44.5. The number of methoxy groups -OCH3 is 2. The summed E-state index contributed by atoms with van der Waals surface area (Å²) in [5, 5.41) is 4.53. The zero-order valence-corrected chi connectivity index (χ0v) is 16.7. The summed E-state index contributed by atoms with van der Waals surface area (Å²) in [5.41, 5.74) is 2.59. The van der Waals surface area contributed by atoms with Crippen LogP contribution < -0.4 is 14.2 Å². The van der Waals surface area contributed by atoms with E-state index in [9.17, 15) is 8.42 Å². The molecule has 28 heavy (non-hydrogen) atoms. The number of aryl methyl sites for hydroxylation is 1. The molecule has 0 saturated heterocycles. The van der Waals surface area contributed by atoms with Gasteiger partial charge in [-0.1, -0.05) is 28.9 Å². The van der Waals surface area contributed by atoms with Crippen LogP contribution in [0.25, 0.3) is 11.3 Å². The fourth-order valence-corrected chi connectivity index (χ4v) is 4.85. The van der Waals surface area contributed by atoms with Crippen molar-refractivity contribution >= 4 is 27.4 Å². The molecule has 1 N–H and O–H groups in total. The number of rotatable bonds is 5. The molecule has 1 aromatic heterocycles. The predicted molar refractivity (Wildman–Crippen MR) is 105 cm³/mol. The van der Waals surface area contributed by atoms with Gasteiger partial charge >= 0.3 is 0 Å². The lowest BCUT2D eigenvalue weighted by molar-refractivity contribution is 0.373. The molecule has 0 spiro atoms. The summed E-state index contributed by atoms with van der Waals surface area (Å²) in [4.78, 5) is -0.101. The van der Waals surface area contributed by atoms with Crippen molar-refractivity contribution in [3.8, 4) is 22.8 Å². The van der Waals surface area contributed by atoms with Crippen LogP contribution in [-0.2, 0) is 22.9 Å². The zero-order chi connectivity index (χ0) is 19.9. The van der Waals surface area contributed by atoms with Gasteiger partial charge in [0, 0.05) is 16.1 Å². The van der Waals surface area contributed by atoms with Crippen molar-refractivity contribution in [3.63, 3.8) is 0 Å².